The van der Waals surface area contributed by atoms with Crippen molar-refractivity contribution in [3.8, 4) is 11.5 Å². The third-order valence-corrected chi connectivity index (χ3v) is 6.41. The van der Waals surface area contributed by atoms with Crippen molar-refractivity contribution < 1.29 is 17.9 Å². The van der Waals surface area contributed by atoms with Gasteiger partial charge in [-0.05, 0) is 18.2 Å². The first-order valence-corrected chi connectivity index (χ1v) is 9.46. The zero-order valence-electron chi connectivity index (χ0n) is 13.5. The number of rotatable bonds is 4. The van der Waals surface area contributed by atoms with E-state index < -0.39 is 10.0 Å². The van der Waals surface area contributed by atoms with Gasteiger partial charge in [-0.2, -0.15) is 4.31 Å². The maximum Gasteiger partial charge on any atom is 0.243 e. The van der Waals surface area contributed by atoms with Gasteiger partial charge < -0.3 is 9.47 Å². The Morgan fingerprint density at radius 2 is 1.83 bits per heavy atom. The molecule has 0 aliphatic carbocycles. The molecule has 0 unspecified atom stereocenters. The van der Waals surface area contributed by atoms with Crippen LogP contribution in [0.25, 0.3) is 0 Å². The highest BCUT2D eigenvalue weighted by atomic mass is 32.2. The van der Waals surface area contributed by atoms with Crippen LogP contribution in [-0.4, -0.2) is 33.0 Å². The Bertz CT molecular complexity index is 845. The van der Waals surface area contributed by atoms with E-state index in [-0.39, 0.29) is 6.54 Å². The van der Waals surface area contributed by atoms with Crippen molar-refractivity contribution in [2.24, 2.45) is 0 Å². The van der Waals surface area contributed by atoms with Crippen molar-refractivity contribution in [2.75, 3.05) is 20.3 Å². The lowest BCUT2D eigenvalue weighted by Crippen LogP contribution is -2.27. The number of sulfonamides is 1. The molecule has 0 aromatic heterocycles. The molecule has 0 saturated carbocycles. The van der Waals surface area contributed by atoms with Gasteiger partial charge in [0.25, 0.3) is 0 Å². The monoisotopic (exact) mass is 345 g/mol. The molecule has 2 aliphatic heterocycles. The minimum Gasteiger partial charge on any atom is -0.493 e. The molecule has 0 atom stereocenters. The number of nitrogens with zero attached hydrogens (tertiary/aromatic N) is 1. The van der Waals surface area contributed by atoms with Crippen LogP contribution in [0.15, 0.2) is 41.3 Å². The van der Waals surface area contributed by atoms with E-state index >= 15 is 0 Å². The summed E-state index contributed by atoms with van der Waals surface area (Å²) in [6, 6.07) is 10.5. The quantitative estimate of drug-likeness (QED) is 0.854. The van der Waals surface area contributed by atoms with Crippen LogP contribution in [-0.2, 0) is 29.4 Å². The molecule has 0 saturated heterocycles. The standard InChI is InChI=1S/C18H19NO4S/c1-19(24(20,21)14-5-3-2-4-6-14)12-16-15-8-10-22-17(15)11-13-7-9-23-18(13)16/h2-6,11H,7-10,12H2,1H3. The summed E-state index contributed by atoms with van der Waals surface area (Å²) in [4.78, 5) is 0.300. The largest absolute Gasteiger partial charge is 0.493 e. The third kappa shape index (κ3) is 2.46. The smallest absolute Gasteiger partial charge is 0.243 e. The summed E-state index contributed by atoms with van der Waals surface area (Å²) in [6.45, 7) is 1.56. The third-order valence-electron chi connectivity index (χ3n) is 4.59. The average Bonchev–Trinajstić information content (AvgIpc) is 3.24. The molecule has 4 rings (SSSR count). The molecule has 0 spiro atoms. The summed E-state index contributed by atoms with van der Waals surface area (Å²) < 4.78 is 38.5. The molecule has 6 heteroatoms. The average molecular weight is 345 g/mol. The Morgan fingerprint density at radius 3 is 2.62 bits per heavy atom. The predicted molar refractivity (Wildman–Crippen MR) is 89.9 cm³/mol. The van der Waals surface area contributed by atoms with Crippen molar-refractivity contribution in [3.05, 3.63) is 53.1 Å². The van der Waals surface area contributed by atoms with Gasteiger partial charge in [0.1, 0.15) is 11.5 Å². The van der Waals surface area contributed by atoms with Crippen LogP contribution in [0, 0.1) is 0 Å². The maximum atomic E-state index is 12.8. The zero-order chi connectivity index (χ0) is 16.7. The fraction of sp³-hybridized carbons (Fsp3) is 0.333. The van der Waals surface area contributed by atoms with Crippen LogP contribution in [0.1, 0.15) is 16.7 Å². The summed E-state index contributed by atoms with van der Waals surface area (Å²) in [5.74, 6) is 1.72. The minimum absolute atomic E-state index is 0.284. The second kappa shape index (κ2) is 5.79. The first-order valence-electron chi connectivity index (χ1n) is 8.02. The molecular formula is C18H19NO4S. The van der Waals surface area contributed by atoms with E-state index in [2.05, 4.69) is 0 Å². The van der Waals surface area contributed by atoms with Gasteiger partial charge in [-0.3, -0.25) is 0 Å². The number of hydrogen-bond donors (Lipinski definition) is 0. The van der Waals surface area contributed by atoms with E-state index in [4.69, 9.17) is 9.47 Å². The molecule has 2 aromatic rings. The van der Waals surface area contributed by atoms with Gasteiger partial charge in [0.2, 0.25) is 10.0 Å². The highest BCUT2D eigenvalue weighted by molar-refractivity contribution is 7.89. The van der Waals surface area contributed by atoms with Gasteiger partial charge in [-0.15, -0.1) is 0 Å². The first-order chi connectivity index (χ1) is 11.6. The fourth-order valence-corrected chi connectivity index (χ4v) is 4.49. The van der Waals surface area contributed by atoms with Crippen molar-refractivity contribution in [3.63, 3.8) is 0 Å². The minimum atomic E-state index is -3.54. The van der Waals surface area contributed by atoms with Crippen LogP contribution < -0.4 is 9.47 Å². The molecule has 0 radical (unpaired) electrons. The van der Waals surface area contributed by atoms with Gasteiger partial charge in [-0.25, -0.2) is 8.42 Å². The Kier molecular flexibility index (Phi) is 3.73. The topological polar surface area (TPSA) is 55.8 Å². The molecule has 0 N–H and O–H groups in total. The highest BCUT2D eigenvalue weighted by Crippen LogP contribution is 2.41. The molecule has 0 bridgehead atoms. The van der Waals surface area contributed by atoms with Gasteiger partial charge in [0.15, 0.2) is 0 Å². The zero-order valence-corrected chi connectivity index (χ0v) is 14.3. The Morgan fingerprint density at radius 1 is 1.08 bits per heavy atom. The molecular weight excluding hydrogens is 326 g/mol. The van der Waals surface area contributed by atoms with E-state index in [1.165, 1.54) is 4.31 Å². The lowest BCUT2D eigenvalue weighted by atomic mass is 9.99. The number of fused-ring (bicyclic) bond motifs is 2. The van der Waals surface area contributed by atoms with Gasteiger partial charge in [0, 0.05) is 43.1 Å². The van der Waals surface area contributed by atoms with Crippen LogP contribution in [0.3, 0.4) is 0 Å². The second-order valence-electron chi connectivity index (χ2n) is 6.09. The predicted octanol–water partition coefficient (Wildman–Crippen LogP) is 2.38. The summed E-state index contributed by atoms with van der Waals surface area (Å²) in [6.07, 6.45) is 1.63. The van der Waals surface area contributed by atoms with E-state index in [9.17, 15) is 8.42 Å². The molecule has 0 fully saturated rings. The SMILES string of the molecule is CN(Cc1c2c(cc3c1OCC3)OCC2)S(=O)(=O)c1ccccc1. The lowest BCUT2D eigenvalue weighted by Gasteiger charge is -2.20. The van der Waals surface area contributed by atoms with Crippen LogP contribution >= 0.6 is 0 Å². The van der Waals surface area contributed by atoms with E-state index in [0.29, 0.717) is 18.1 Å². The van der Waals surface area contributed by atoms with E-state index in [0.717, 1.165) is 41.0 Å². The van der Waals surface area contributed by atoms with Crippen LogP contribution in [0.5, 0.6) is 11.5 Å². The van der Waals surface area contributed by atoms with Crippen LogP contribution in [0.2, 0.25) is 0 Å². The normalized spacial score (nSPS) is 15.8. The lowest BCUT2D eigenvalue weighted by molar-refractivity contribution is 0.348. The van der Waals surface area contributed by atoms with Gasteiger partial charge >= 0.3 is 0 Å². The van der Waals surface area contributed by atoms with E-state index in [1.807, 2.05) is 6.07 Å². The van der Waals surface area contributed by atoms with Crippen molar-refractivity contribution in [1.29, 1.82) is 0 Å². The number of ether oxygens (including phenoxy) is 2. The van der Waals surface area contributed by atoms with Crippen molar-refractivity contribution in [2.45, 2.75) is 24.3 Å². The Labute approximate surface area is 141 Å². The summed E-state index contributed by atoms with van der Waals surface area (Å²) >= 11 is 0. The molecule has 5 nitrogen and oxygen atoms in total. The maximum absolute atomic E-state index is 12.8. The molecule has 2 aliphatic rings. The van der Waals surface area contributed by atoms with Crippen molar-refractivity contribution in [1.82, 2.24) is 4.31 Å². The summed E-state index contributed by atoms with van der Waals surface area (Å²) in [5, 5.41) is 0. The molecule has 0 amide bonds. The highest BCUT2D eigenvalue weighted by Gasteiger charge is 2.29. The first kappa shape index (κ1) is 15.5. The Balaban J connectivity index is 1.72. The number of benzene rings is 2. The molecule has 2 aromatic carbocycles. The summed E-state index contributed by atoms with van der Waals surface area (Å²) in [5.41, 5.74) is 3.13. The van der Waals surface area contributed by atoms with Gasteiger partial charge in [-0.1, -0.05) is 18.2 Å². The molecule has 2 heterocycles. The van der Waals surface area contributed by atoms with E-state index in [1.54, 1.807) is 37.4 Å². The molecule has 24 heavy (non-hydrogen) atoms. The second-order valence-corrected chi connectivity index (χ2v) is 8.14. The fourth-order valence-electron chi connectivity index (χ4n) is 3.33. The van der Waals surface area contributed by atoms with Gasteiger partial charge in [0.05, 0.1) is 18.1 Å². The summed E-state index contributed by atoms with van der Waals surface area (Å²) in [7, 11) is -1.93. The number of hydrogen-bond acceptors (Lipinski definition) is 4. The molecule has 126 valence electrons. The van der Waals surface area contributed by atoms with Crippen molar-refractivity contribution >= 4 is 10.0 Å². The van der Waals surface area contributed by atoms with Crippen LogP contribution in [0.4, 0.5) is 0 Å². The Hall–Kier alpha value is -2.05.